The maximum absolute atomic E-state index is 11.9. The third-order valence-corrected chi connectivity index (χ3v) is 2.52. The van der Waals surface area contributed by atoms with Crippen LogP contribution in [0.15, 0.2) is 35.9 Å². The maximum atomic E-state index is 11.9. The van der Waals surface area contributed by atoms with Crippen molar-refractivity contribution in [3.8, 4) is 5.75 Å². The number of aromatic hydroxyl groups is 1. The molecule has 1 rings (SSSR count). The second-order valence-corrected chi connectivity index (χ2v) is 3.88. The molecule has 1 aromatic rings. The van der Waals surface area contributed by atoms with E-state index < -0.39 is 0 Å². The summed E-state index contributed by atoms with van der Waals surface area (Å²) in [7, 11) is 0. The minimum Gasteiger partial charge on any atom is -0.507 e. The minimum atomic E-state index is -0.0887. The van der Waals surface area contributed by atoms with Crippen molar-refractivity contribution < 1.29 is 9.90 Å². The van der Waals surface area contributed by atoms with Crippen LogP contribution in [0.1, 0.15) is 43.5 Å². The monoisotopic (exact) mass is 218 g/mol. The zero-order valence-electron chi connectivity index (χ0n) is 9.86. The third-order valence-electron chi connectivity index (χ3n) is 2.52. The Bertz CT molecular complexity index is 391. The first-order valence-corrected chi connectivity index (χ1v) is 5.66. The van der Waals surface area contributed by atoms with Crippen LogP contribution in [0, 0.1) is 0 Å². The van der Waals surface area contributed by atoms with Gasteiger partial charge in [-0.25, -0.2) is 0 Å². The molecule has 1 N–H and O–H groups in total. The number of carbonyl (C=O) groups excluding carboxylic acids is 1. The van der Waals surface area contributed by atoms with Crippen LogP contribution >= 0.6 is 0 Å². The highest BCUT2D eigenvalue weighted by Crippen LogP contribution is 2.19. The summed E-state index contributed by atoms with van der Waals surface area (Å²) >= 11 is 0. The van der Waals surface area contributed by atoms with E-state index in [2.05, 4.69) is 6.92 Å². The van der Waals surface area contributed by atoms with Gasteiger partial charge in [-0.05, 0) is 31.1 Å². The summed E-state index contributed by atoms with van der Waals surface area (Å²) in [6.45, 7) is 3.92. The van der Waals surface area contributed by atoms with Gasteiger partial charge in [0.1, 0.15) is 5.75 Å². The number of para-hydroxylation sites is 1. The molecule has 0 aliphatic rings. The highest BCUT2D eigenvalue weighted by molar-refractivity contribution is 6.09. The van der Waals surface area contributed by atoms with E-state index in [1.165, 1.54) is 6.07 Å². The molecule has 0 aliphatic carbocycles. The van der Waals surface area contributed by atoms with Crippen LogP contribution in [0.4, 0.5) is 0 Å². The fourth-order valence-electron chi connectivity index (χ4n) is 1.49. The van der Waals surface area contributed by atoms with Gasteiger partial charge >= 0.3 is 0 Å². The third kappa shape index (κ3) is 3.23. The van der Waals surface area contributed by atoms with Gasteiger partial charge in [-0.15, -0.1) is 0 Å². The molecule has 0 fully saturated rings. The lowest BCUT2D eigenvalue weighted by atomic mass is 10.0. The topological polar surface area (TPSA) is 37.3 Å². The lowest BCUT2D eigenvalue weighted by Crippen LogP contribution is -2.00. The zero-order chi connectivity index (χ0) is 12.0. The maximum Gasteiger partial charge on any atom is 0.192 e. The van der Waals surface area contributed by atoms with Gasteiger partial charge in [-0.3, -0.25) is 4.79 Å². The highest BCUT2D eigenvalue weighted by Gasteiger charge is 2.11. The number of allylic oxidation sites excluding steroid dienone is 2. The molecule has 0 heterocycles. The minimum absolute atomic E-state index is 0.0516. The van der Waals surface area contributed by atoms with Gasteiger partial charge in [0.2, 0.25) is 0 Å². The molecule has 16 heavy (non-hydrogen) atoms. The number of hydrogen-bond donors (Lipinski definition) is 1. The number of hydrogen-bond acceptors (Lipinski definition) is 2. The second-order valence-electron chi connectivity index (χ2n) is 3.88. The fraction of sp³-hybridized carbons (Fsp3) is 0.357. The van der Waals surface area contributed by atoms with Crippen LogP contribution in [-0.4, -0.2) is 10.9 Å². The summed E-state index contributed by atoms with van der Waals surface area (Å²) in [6, 6.07) is 6.65. The van der Waals surface area contributed by atoms with Gasteiger partial charge in [-0.1, -0.05) is 38.0 Å². The first kappa shape index (κ1) is 12.5. The summed E-state index contributed by atoms with van der Waals surface area (Å²) in [6.07, 6.45) is 5.07. The van der Waals surface area contributed by atoms with Crippen molar-refractivity contribution in [1.29, 1.82) is 0 Å². The number of phenolic OH excluding ortho intramolecular Hbond substituents is 1. The Labute approximate surface area is 96.6 Å². The number of unbranched alkanes of at least 4 members (excludes halogenated alkanes) is 2. The molecule has 0 bridgehead atoms. The summed E-state index contributed by atoms with van der Waals surface area (Å²) in [5.41, 5.74) is 1.09. The molecule has 0 aliphatic heterocycles. The molecule has 0 spiro atoms. The summed E-state index contributed by atoms with van der Waals surface area (Å²) in [5.74, 6) is -0.0371. The smallest absolute Gasteiger partial charge is 0.192 e. The number of ketones is 1. The quantitative estimate of drug-likeness (QED) is 0.464. The van der Waals surface area contributed by atoms with Crippen molar-refractivity contribution in [3.63, 3.8) is 0 Å². The second kappa shape index (κ2) is 6.11. The molecule has 0 atom stereocenters. The van der Waals surface area contributed by atoms with Crippen molar-refractivity contribution in [1.82, 2.24) is 0 Å². The van der Waals surface area contributed by atoms with Crippen LogP contribution in [0.5, 0.6) is 5.75 Å². The highest BCUT2D eigenvalue weighted by atomic mass is 16.3. The SMILES string of the molecule is CCCC/C=C(\C)C(=O)c1ccccc1O. The molecule has 0 saturated heterocycles. The normalized spacial score (nSPS) is 11.5. The van der Waals surface area contributed by atoms with Crippen LogP contribution in [0.2, 0.25) is 0 Å². The average molecular weight is 218 g/mol. The van der Waals surface area contributed by atoms with Gasteiger partial charge < -0.3 is 5.11 Å². The molecule has 86 valence electrons. The van der Waals surface area contributed by atoms with E-state index in [4.69, 9.17) is 0 Å². The number of carbonyl (C=O) groups is 1. The molecule has 0 unspecified atom stereocenters. The first-order chi connectivity index (χ1) is 7.66. The number of phenols is 1. The van der Waals surface area contributed by atoms with Crippen molar-refractivity contribution in [2.75, 3.05) is 0 Å². The van der Waals surface area contributed by atoms with Crippen molar-refractivity contribution in [2.24, 2.45) is 0 Å². The average Bonchev–Trinajstić information content (AvgIpc) is 2.29. The predicted molar refractivity (Wildman–Crippen MR) is 65.7 cm³/mol. The molecule has 0 aromatic heterocycles. The van der Waals surface area contributed by atoms with Crippen LogP contribution in [-0.2, 0) is 0 Å². The van der Waals surface area contributed by atoms with E-state index in [9.17, 15) is 9.90 Å². The fourth-order valence-corrected chi connectivity index (χ4v) is 1.49. The number of benzene rings is 1. The molecule has 0 amide bonds. The van der Waals surface area contributed by atoms with Gasteiger partial charge in [0.15, 0.2) is 5.78 Å². The number of Topliss-reactive ketones (excluding diaryl/α,β-unsaturated/α-hetero) is 1. The van der Waals surface area contributed by atoms with E-state index in [1.807, 2.05) is 6.08 Å². The number of rotatable bonds is 5. The molecule has 2 nitrogen and oxygen atoms in total. The van der Waals surface area contributed by atoms with E-state index in [0.717, 1.165) is 19.3 Å². The lowest BCUT2D eigenvalue weighted by Gasteiger charge is -2.03. The van der Waals surface area contributed by atoms with Crippen LogP contribution in [0.25, 0.3) is 0 Å². The van der Waals surface area contributed by atoms with Crippen molar-refractivity contribution >= 4 is 5.78 Å². The Kier molecular flexibility index (Phi) is 4.77. The van der Waals surface area contributed by atoms with Crippen molar-refractivity contribution in [3.05, 3.63) is 41.5 Å². The van der Waals surface area contributed by atoms with Gasteiger partial charge in [-0.2, -0.15) is 0 Å². The summed E-state index contributed by atoms with van der Waals surface area (Å²) in [4.78, 5) is 11.9. The zero-order valence-corrected chi connectivity index (χ0v) is 9.86. The largest absolute Gasteiger partial charge is 0.507 e. The summed E-state index contributed by atoms with van der Waals surface area (Å²) in [5, 5.41) is 9.55. The summed E-state index contributed by atoms with van der Waals surface area (Å²) < 4.78 is 0. The van der Waals surface area contributed by atoms with Gasteiger partial charge in [0.05, 0.1) is 5.56 Å². The van der Waals surface area contributed by atoms with E-state index in [-0.39, 0.29) is 11.5 Å². The van der Waals surface area contributed by atoms with E-state index >= 15 is 0 Å². The Hall–Kier alpha value is -1.57. The Morgan fingerprint density at radius 1 is 1.38 bits per heavy atom. The standard InChI is InChI=1S/C14H18O2/c1-3-4-5-8-11(2)14(16)12-9-6-7-10-13(12)15/h6-10,15H,3-5H2,1-2H3/b11-8+. The molecule has 2 heteroatoms. The molecule has 0 radical (unpaired) electrons. The van der Waals surface area contributed by atoms with Gasteiger partial charge in [0.25, 0.3) is 0 Å². The molecular weight excluding hydrogens is 200 g/mol. The first-order valence-electron chi connectivity index (χ1n) is 5.66. The van der Waals surface area contributed by atoms with Gasteiger partial charge in [0, 0.05) is 0 Å². The lowest BCUT2D eigenvalue weighted by molar-refractivity contribution is 0.103. The Morgan fingerprint density at radius 3 is 2.69 bits per heavy atom. The molecule has 1 aromatic carbocycles. The van der Waals surface area contributed by atoms with Crippen LogP contribution in [0.3, 0.4) is 0 Å². The van der Waals surface area contributed by atoms with E-state index in [0.29, 0.717) is 11.1 Å². The van der Waals surface area contributed by atoms with E-state index in [1.54, 1.807) is 25.1 Å². The Balaban J connectivity index is 2.78. The van der Waals surface area contributed by atoms with Crippen molar-refractivity contribution in [2.45, 2.75) is 33.1 Å². The van der Waals surface area contributed by atoms with Crippen LogP contribution < -0.4 is 0 Å². The Morgan fingerprint density at radius 2 is 2.06 bits per heavy atom. The molecular formula is C14H18O2. The predicted octanol–water partition coefficient (Wildman–Crippen LogP) is 3.71. The molecule has 0 saturated carbocycles.